The predicted molar refractivity (Wildman–Crippen MR) is 503 cm³/mol. The van der Waals surface area contributed by atoms with E-state index in [1.165, 1.54) is 80.2 Å². The number of Topliss-reactive ketones (excluding diaryl/α,β-unsaturated/α-hetero) is 2. The average Bonchev–Trinajstić information content (AvgIpc) is 1.62. The molecule has 92 heavy (non-hydrogen) atoms. The molecule has 18 heteroatoms. The van der Waals surface area contributed by atoms with Crippen molar-refractivity contribution in [2.45, 2.75) is 192 Å². The Kier molecular flexibility index (Phi) is 10.9. The van der Waals surface area contributed by atoms with E-state index in [1.807, 2.05) is 35.5 Å². The minimum atomic E-state index is -0.562. The van der Waals surface area contributed by atoms with Crippen LogP contribution >= 0.6 is 60.2 Å². The summed E-state index contributed by atoms with van der Waals surface area (Å²) < 4.78 is 601. The van der Waals surface area contributed by atoms with Gasteiger partial charge in [0.2, 0.25) is 0 Å². The molecule has 6 fully saturated rings. The van der Waals surface area contributed by atoms with Gasteiger partial charge < -0.3 is 21.4 Å². The molecule has 0 spiro atoms. The third kappa shape index (κ3) is 19.3. The zero-order valence-corrected chi connectivity index (χ0v) is 59.4. The van der Waals surface area contributed by atoms with Crippen molar-refractivity contribution in [1.29, 1.82) is 0 Å². The first-order valence-electron chi connectivity index (χ1n) is 90.5. The molecule has 5 heterocycles. The third-order valence-electron chi connectivity index (χ3n) is 19.0. The van der Waals surface area contributed by atoms with Crippen LogP contribution in [0.5, 0.6) is 0 Å². The van der Waals surface area contributed by atoms with E-state index in [-0.39, 0.29) is 84.3 Å². The molecule has 0 bridgehead atoms. The van der Waals surface area contributed by atoms with Crippen LogP contribution in [0.25, 0.3) is 11.0 Å². The average molecular weight is 1710 g/mol. The summed E-state index contributed by atoms with van der Waals surface area (Å²) in [6.45, 7) is 2.75. The number of hydrogen-bond acceptors (Lipinski definition) is 10. The topological polar surface area (TPSA) is 171 Å². The first kappa shape index (κ1) is 28.5. The number of aliphatic hydroxyl groups is 1. The third-order valence-corrected chi connectivity index (χ3v) is 20.6. The van der Waals surface area contributed by atoms with Gasteiger partial charge >= 0.3 is 41.5 Å². The molecule has 6 aliphatic carbocycles. The summed E-state index contributed by atoms with van der Waals surface area (Å²) in [6, 6.07) is 38.7. The Hall–Kier alpha value is -4.62. The van der Waals surface area contributed by atoms with Gasteiger partial charge in [-0.25, -0.2) is 15.0 Å². The van der Waals surface area contributed by atoms with Gasteiger partial charge in [-0.05, 0) is 245 Å². The Morgan fingerprint density at radius 1 is 0.543 bits per heavy atom. The number of halogens is 4. The minimum Gasteiger partial charge on any atom is -1.00 e. The summed E-state index contributed by atoms with van der Waals surface area (Å²) in [7, 11) is 0. The molecule has 6 saturated carbocycles. The number of nitrogens with two attached hydrogens (primary N) is 1. The number of aromatic nitrogens is 5. The fourth-order valence-corrected chi connectivity index (χ4v) is 14.6. The van der Waals surface area contributed by atoms with Crippen molar-refractivity contribution in [3.63, 3.8) is 0 Å². The van der Waals surface area contributed by atoms with E-state index in [1.54, 1.807) is 0 Å². The second-order valence-corrected chi connectivity index (χ2v) is 27.8. The number of imidazole rings is 2. The Balaban J connectivity index is -0.0000000237. The van der Waals surface area contributed by atoms with Crippen molar-refractivity contribution < 1.29 is 235 Å². The molecule has 0 amide bonds. The number of ether oxygens (including phenoxy) is 1. The van der Waals surface area contributed by atoms with Gasteiger partial charge in [-0.15, -0.1) is 12.4 Å². The maximum absolute atomic E-state index is 13.5. The monoisotopic (exact) mass is 1700 g/mol. The molecule has 3 aromatic carbocycles. The fourth-order valence-electron chi connectivity index (χ4n) is 13.8. The number of pyridine rings is 3. The van der Waals surface area contributed by atoms with Crippen molar-refractivity contribution in [3.05, 3.63) is 204 Å². The number of fused-ring (bicyclic) bond motifs is 2. The quantitative estimate of drug-likeness (QED) is 0.0490. The van der Waals surface area contributed by atoms with Crippen LogP contribution in [0.3, 0.4) is 0 Å². The van der Waals surface area contributed by atoms with Gasteiger partial charge in [0.15, 0.2) is 11.6 Å². The molecule has 8 aromatic rings. The molecule has 12 nitrogen and oxygen atoms in total. The zero-order chi connectivity index (χ0) is 179. The number of carbonyl (C=O) groups is 4. The van der Waals surface area contributed by atoms with Gasteiger partial charge in [0, 0.05) is 229 Å². The minimum absolute atomic E-state index is 0. The molecule has 3 N–H and O–H groups in total. The van der Waals surface area contributed by atoms with Crippen molar-refractivity contribution in [1.82, 2.24) is 23.8 Å². The molecule has 3 radical (unpaired) electrons. The normalized spacial score (nSPS) is 26.0. The van der Waals surface area contributed by atoms with E-state index >= 15 is 0 Å². The number of hydrogen-bond donors (Lipinski definition) is 2. The number of nitrogens with zero attached hydrogens (tertiary/aromatic N) is 5. The summed E-state index contributed by atoms with van der Waals surface area (Å²) in [4.78, 5) is 59.5. The largest absolute Gasteiger partial charge is 1.00 e. The molecule has 601 valence electrons. The van der Waals surface area contributed by atoms with Crippen molar-refractivity contribution >= 4 is 103 Å². The van der Waals surface area contributed by atoms with Crippen LogP contribution in [-0.4, -0.2) is 60.8 Å². The first-order valence-corrected chi connectivity index (χ1v) is 33.9. The fraction of sp³-hybridized carbons (Fsp3) is 0.446. The van der Waals surface area contributed by atoms with Crippen molar-refractivity contribution in [3.8, 4) is 0 Å². The second-order valence-electron chi connectivity index (χ2n) is 25.1. The zero-order valence-electron chi connectivity index (χ0n) is 171. The number of ketones is 2. The van der Waals surface area contributed by atoms with Crippen LogP contribution in [0.15, 0.2) is 148 Å². The number of carbonyl (C=O) groups excluding carboxylic acids is 4. The molecule has 14 rings (SSSR count). The summed E-state index contributed by atoms with van der Waals surface area (Å²) in [5, 5.41) is 11.4. The van der Waals surface area contributed by atoms with E-state index in [0.717, 1.165) is 124 Å². The summed E-state index contributed by atoms with van der Waals surface area (Å²) >= 11 is 10.5. The van der Waals surface area contributed by atoms with Crippen LogP contribution in [0.2, 0.25) is 0 Å². The van der Waals surface area contributed by atoms with E-state index in [2.05, 4.69) is 175 Å². The van der Waals surface area contributed by atoms with E-state index < -0.39 is 18.0 Å². The molecule has 1 atom stereocenters. The maximum atomic E-state index is 13.5. The van der Waals surface area contributed by atoms with Gasteiger partial charge in [0.1, 0.15) is 5.69 Å². The van der Waals surface area contributed by atoms with Gasteiger partial charge in [-0.1, -0.05) is 117 Å². The van der Waals surface area contributed by atoms with Crippen LogP contribution in [-0.2, 0) is 20.9 Å². The van der Waals surface area contributed by atoms with Crippen molar-refractivity contribution in [2.24, 2.45) is 23.5 Å². The Labute approximate surface area is 783 Å². The Morgan fingerprint density at radius 3 is 1.34 bits per heavy atom. The summed E-state index contributed by atoms with van der Waals surface area (Å²) in [5.41, 5.74) is 19.3. The van der Waals surface area contributed by atoms with Crippen LogP contribution in [0, 0.1) is 17.8 Å². The van der Waals surface area contributed by atoms with E-state index in [4.69, 9.17) is 181 Å². The molecule has 1 unspecified atom stereocenters. The Bertz CT molecular complexity index is 3900. The molecular formula is C74H207BBr3ClN6NaO6. The maximum Gasteiger partial charge on any atom is 1.00 e. The van der Waals surface area contributed by atoms with Gasteiger partial charge in [-0.3, -0.25) is 23.6 Å². The molecule has 6 aliphatic rings. The van der Waals surface area contributed by atoms with E-state index in [0.29, 0.717) is 59.4 Å². The smallest absolute Gasteiger partial charge is 1.00 e. The van der Waals surface area contributed by atoms with Gasteiger partial charge in [-0.2, -0.15) is 0 Å². The van der Waals surface area contributed by atoms with Crippen molar-refractivity contribution in [2.75, 3.05) is 0 Å². The molecule has 0 saturated heterocycles. The standard InChI is InChI=1S/C23H25BrN2O.C23H23BrN2O.C22H25BrN2O.C4H6O3.2CH4.B.ClH.Na.59H2.H/c2*24-19-9-7-16(8-10-19)15-1-5-18(6-2-15)23(27)22-21(17-3-4-17)12-11-20-13-25-14-26(20)22;23-18-9-7-15(8-10-18)14-1-5-17(6-2-14)22(26)21-20(16-3-4-16)12-11-19(13-24)25-21;1-3(5)7-4(2)6;;;;;;;;;;;;;;;;;;;;;;;;;;;;;;;;;;;;;;;;;;;;;;;;;;;;;;;;;;;;;;;;;/h7-15,17-18,23,27H,1-6H2;7-15,17-18H,1-6H2;7-12,14,16-17H,1-6,13,24H2;1-2H3;2*1H4;;1H;;59*1H;/q;;;;;;;;+1;;;;;;;;;;;;;;;;;;;;;;;;;;;;;;;;;;;;;;;;;;;;;;;;;;;;;;;;;;;;-1/i;;;;;;;;;59*1+1D;. The van der Waals surface area contributed by atoms with Crippen LogP contribution in [0.1, 0.15) is 428 Å². The summed E-state index contributed by atoms with van der Waals surface area (Å²) in [5.74, 6) is 3.53. The van der Waals surface area contributed by atoms with Gasteiger partial charge in [0.05, 0.1) is 59.3 Å². The van der Waals surface area contributed by atoms with Crippen LogP contribution < -0.4 is 35.3 Å². The molecular weight excluding hydrogens is 1380 g/mol. The first-order chi connectivity index (χ1) is 101. The number of aliphatic hydroxyl groups excluding tert-OH is 1. The van der Waals surface area contributed by atoms with E-state index in [9.17, 15) is 24.3 Å². The summed E-state index contributed by atoms with van der Waals surface area (Å²) in [6.07, 6.45) is 27.0. The molecule has 0 aliphatic heterocycles. The number of benzene rings is 3. The predicted octanol–water partition coefficient (Wildman–Crippen LogP) is 30.5. The van der Waals surface area contributed by atoms with Gasteiger partial charge in [0.25, 0.3) is 0 Å². The Morgan fingerprint density at radius 2 is 0.913 bits per heavy atom. The van der Waals surface area contributed by atoms with Crippen LogP contribution in [0.4, 0.5) is 0 Å². The SMILES string of the molecule is C.C.CC(=O)OC(C)=O.Cl.NCc1ccc(C2CC2)c(C(=O)C2CCC(c3ccc(Br)cc3)CC2)n1.O=C(c1c(C2CC2)ccc2cncn12)C1CCC(c2ccc(Br)cc2)CC1.OC(c1c(C2CC2)ccc2cncn12)C1CCC(c2ccc(Br)cc2)CC1.[2H][2H].[2H][2H].[2H][2H].[2H][2H].[2H][2H].[2H][2H].[2H][2H].[2H][2H].[2H][2H].[2H][2H].[2H][2H].[2H][2H].[2H][2H].[2H][2H].[2H][2H].[2H][2H].[2H][2H].[2H][2H].[2H][2H].[2H][2H].[2H][2H].[2H][2H].[2H][2H].[2H][2H].[2H][2H].[2H][2H].[2H][2H].[2H][2H].[2H][2H].[2H][2H].[2H][2H].[2H][2H].[2H][2H].[2H][2H].[2H][2H].[2H][2H].[2H][2H].[2H][2H].[2H][2H].[2H][2H].[2H][2H].[2H][2H].[2H][2H].[2H][2H].[2H][2H].[2H][2H].[2H][2H].[2H][2H].[2H][2H].[2H][2H].[2H][2H].[2H][2H].[2H][2H].[2H][2H].[2H][2H].[2H][2H].[2H][2H].[2H][2H].[2H][2H].[B].[H-].[Na+]. The number of rotatable bonds is 13. The number of esters is 2. The molecule has 5 aromatic heterocycles. The second kappa shape index (κ2) is 35.4.